The molecule has 3 aromatic heterocycles. The molecule has 26 heavy (non-hydrogen) atoms. The van der Waals surface area contributed by atoms with Crippen molar-refractivity contribution >= 4 is 33.8 Å². The van der Waals surface area contributed by atoms with Crippen LogP contribution in [-0.4, -0.2) is 20.9 Å². The lowest BCUT2D eigenvalue weighted by molar-refractivity contribution is -0.115. The van der Waals surface area contributed by atoms with Gasteiger partial charge < -0.3 is 10.3 Å². The van der Waals surface area contributed by atoms with Crippen LogP contribution >= 0.6 is 11.3 Å². The smallest absolute Gasteiger partial charge is 0.230 e. The first-order valence-corrected chi connectivity index (χ1v) is 9.26. The number of benzene rings is 1. The quantitative estimate of drug-likeness (QED) is 0.561. The summed E-state index contributed by atoms with van der Waals surface area (Å²) in [6.45, 7) is 2.02. The number of aromatic nitrogens is 3. The summed E-state index contributed by atoms with van der Waals surface area (Å²) in [5.74, 6) is -0.0636. The van der Waals surface area contributed by atoms with Gasteiger partial charge in [-0.25, -0.2) is 4.98 Å². The van der Waals surface area contributed by atoms with Gasteiger partial charge in [-0.1, -0.05) is 6.07 Å². The third-order valence-corrected chi connectivity index (χ3v) is 4.94. The van der Waals surface area contributed by atoms with Gasteiger partial charge in [-0.15, -0.1) is 11.3 Å². The zero-order chi connectivity index (χ0) is 17.9. The standard InChI is InChI=1S/C20H18N4OS/c1-13-8-14-9-16(5-6-18(14)22-13)23-19(25)10-17-12-26-20(24-17)11-15-4-2-3-7-21-15/h2-9,12,22H,10-11H2,1H3,(H,23,25). The fraction of sp³-hybridized carbons (Fsp3) is 0.150. The van der Waals surface area contributed by atoms with Crippen LogP contribution in [0.3, 0.4) is 0 Å². The van der Waals surface area contributed by atoms with Crippen LogP contribution in [0.2, 0.25) is 0 Å². The Balaban J connectivity index is 1.39. The first kappa shape index (κ1) is 16.5. The normalized spacial score (nSPS) is 11.0. The molecule has 0 spiro atoms. The van der Waals surface area contributed by atoms with Crippen LogP contribution in [0.15, 0.2) is 54.0 Å². The maximum atomic E-state index is 12.3. The molecule has 0 saturated carbocycles. The fourth-order valence-electron chi connectivity index (χ4n) is 2.89. The molecule has 6 heteroatoms. The Morgan fingerprint density at radius 2 is 2.12 bits per heavy atom. The van der Waals surface area contributed by atoms with Gasteiger partial charge in [0.05, 0.1) is 17.1 Å². The molecule has 0 bridgehead atoms. The highest BCUT2D eigenvalue weighted by atomic mass is 32.1. The summed E-state index contributed by atoms with van der Waals surface area (Å²) in [5, 5.41) is 6.95. The summed E-state index contributed by atoms with van der Waals surface area (Å²) < 4.78 is 0. The third-order valence-electron chi connectivity index (χ3n) is 4.04. The number of fused-ring (bicyclic) bond motifs is 1. The predicted molar refractivity (Wildman–Crippen MR) is 105 cm³/mol. The van der Waals surface area contributed by atoms with E-state index in [1.165, 1.54) is 0 Å². The molecule has 0 aliphatic carbocycles. The van der Waals surface area contributed by atoms with E-state index in [2.05, 4.69) is 26.3 Å². The van der Waals surface area contributed by atoms with Gasteiger partial charge in [0.1, 0.15) is 0 Å². The molecule has 0 aliphatic heterocycles. The van der Waals surface area contributed by atoms with Gasteiger partial charge in [-0.3, -0.25) is 9.78 Å². The molecule has 130 valence electrons. The number of hydrogen-bond donors (Lipinski definition) is 2. The summed E-state index contributed by atoms with van der Waals surface area (Å²) in [6, 6.07) is 13.8. The lowest BCUT2D eigenvalue weighted by Crippen LogP contribution is -2.14. The van der Waals surface area contributed by atoms with Gasteiger partial charge >= 0.3 is 0 Å². The first-order chi connectivity index (χ1) is 12.7. The maximum Gasteiger partial charge on any atom is 0.230 e. The second-order valence-electron chi connectivity index (χ2n) is 6.21. The summed E-state index contributed by atoms with van der Waals surface area (Å²) in [5.41, 5.74) is 4.74. The SMILES string of the molecule is Cc1cc2cc(NC(=O)Cc3csc(Cc4ccccn4)n3)ccc2[nH]1. The lowest BCUT2D eigenvalue weighted by atomic mass is 10.2. The van der Waals surface area contributed by atoms with Crippen molar-refractivity contribution in [3.8, 4) is 0 Å². The van der Waals surface area contributed by atoms with Gasteiger partial charge in [-0.2, -0.15) is 0 Å². The van der Waals surface area contributed by atoms with E-state index < -0.39 is 0 Å². The number of anilines is 1. The molecule has 4 rings (SSSR count). The Morgan fingerprint density at radius 1 is 1.19 bits per heavy atom. The average Bonchev–Trinajstić information content (AvgIpc) is 3.20. The highest BCUT2D eigenvalue weighted by Gasteiger charge is 2.10. The van der Waals surface area contributed by atoms with Crippen LogP contribution in [0.4, 0.5) is 5.69 Å². The molecule has 0 atom stereocenters. The van der Waals surface area contributed by atoms with Gasteiger partial charge in [-0.05, 0) is 43.3 Å². The summed E-state index contributed by atoms with van der Waals surface area (Å²) in [7, 11) is 0. The van der Waals surface area contributed by atoms with Crippen LogP contribution < -0.4 is 5.32 Å². The maximum absolute atomic E-state index is 12.3. The molecule has 1 amide bonds. The number of carbonyl (C=O) groups is 1. The lowest BCUT2D eigenvalue weighted by Gasteiger charge is -2.04. The molecule has 5 nitrogen and oxygen atoms in total. The largest absolute Gasteiger partial charge is 0.359 e. The van der Waals surface area contributed by atoms with Crippen LogP contribution in [0, 0.1) is 6.92 Å². The van der Waals surface area contributed by atoms with Crippen molar-refractivity contribution < 1.29 is 4.79 Å². The van der Waals surface area contributed by atoms with E-state index in [-0.39, 0.29) is 12.3 Å². The van der Waals surface area contributed by atoms with Crippen molar-refractivity contribution in [1.29, 1.82) is 0 Å². The number of hydrogen-bond acceptors (Lipinski definition) is 4. The van der Waals surface area contributed by atoms with Crippen molar-refractivity contribution in [2.75, 3.05) is 5.32 Å². The van der Waals surface area contributed by atoms with Crippen LogP contribution in [0.5, 0.6) is 0 Å². The molecular weight excluding hydrogens is 344 g/mol. The minimum atomic E-state index is -0.0636. The number of rotatable bonds is 5. The number of aromatic amines is 1. The summed E-state index contributed by atoms with van der Waals surface area (Å²) >= 11 is 1.56. The first-order valence-electron chi connectivity index (χ1n) is 8.38. The van der Waals surface area contributed by atoms with E-state index in [9.17, 15) is 4.79 Å². The van der Waals surface area contributed by atoms with E-state index in [1.54, 1.807) is 17.5 Å². The molecule has 1 aromatic carbocycles. The zero-order valence-corrected chi connectivity index (χ0v) is 15.1. The molecule has 0 aliphatic rings. The number of pyridine rings is 1. The average molecular weight is 362 g/mol. The summed E-state index contributed by atoms with van der Waals surface area (Å²) in [6.07, 6.45) is 2.74. The van der Waals surface area contributed by atoms with Gasteiger partial charge in [0.2, 0.25) is 5.91 Å². The van der Waals surface area contributed by atoms with E-state index in [0.29, 0.717) is 6.42 Å². The number of carbonyl (C=O) groups excluding carboxylic acids is 1. The Bertz CT molecular complexity index is 1050. The van der Waals surface area contributed by atoms with Gasteiger partial charge in [0.25, 0.3) is 0 Å². The Hall–Kier alpha value is -2.99. The van der Waals surface area contributed by atoms with Crippen molar-refractivity contribution in [1.82, 2.24) is 15.0 Å². The minimum Gasteiger partial charge on any atom is -0.359 e. The van der Waals surface area contributed by atoms with Crippen LogP contribution in [0.1, 0.15) is 22.1 Å². The van der Waals surface area contributed by atoms with E-state index in [4.69, 9.17) is 0 Å². The van der Waals surface area contributed by atoms with Crippen molar-refractivity contribution in [3.63, 3.8) is 0 Å². The number of amides is 1. The summed E-state index contributed by atoms with van der Waals surface area (Å²) in [4.78, 5) is 24.5. The molecule has 3 heterocycles. The molecule has 4 aromatic rings. The monoisotopic (exact) mass is 362 g/mol. The topological polar surface area (TPSA) is 70.7 Å². The molecule has 0 radical (unpaired) electrons. The number of aryl methyl sites for hydroxylation is 1. The molecule has 2 N–H and O–H groups in total. The highest BCUT2D eigenvalue weighted by Crippen LogP contribution is 2.20. The van der Waals surface area contributed by atoms with Crippen molar-refractivity contribution in [2.45, 2.75) is 19.8 Å². The fourth-order valence-corrected chi connectivity index (χ4v) is 3.70. The van der Waals surface area contributed by atoms with Crippen LogP contribution in [0.25, 0.3) is 10.9 Å². The molecule has 0 unspecified atom stereocenters. The number of nitrogens with one attached hydrogen (secondary N) is 2. The van der Waals surface area contributed by atoms with Crippen molar-refractivity contribution in [3.05, 3.63) is 76.1 Å². The molecule has 0 saturated heterocycles. The van der Waals surface area contributed by atoms with Gasteiger partial charge in [0, 0.05) is 46.0 Å². The second kappa shape index (κ2) is 7.09. The molecule has 0 fully saturated rings. The Kier molecular flexibility index (Phi) is 4.50. The van der Waals surface area contributed by atoms with Crippen LogP contribution in [-0.2, 0) is 17.6 Å². The predicted octanol–water partition coefficient (Wildman–Crippen LogP) is 4.10. The third kappa shape index (κ3) is 3.81. The Labute approximate surface area is 155 Å². The zero-order valence-electron chi connectivity index (χ0n) is 14.3. The van der Waals surface area contributed by atoms with E-state index in [0.717, 1.165) is 38.7 Å². The number of thiazole rings is 1. The molecular formula is C20H18N4OS. The van der Waals surface area contributed by atoms with Gasteiger partial charge in [0.15, 0.2) is 0 Å². The Morgan fingerprint density at radius 3 is 2.96 bits per heavy atom. The number of H-pyrrole nitrogens is 1. The van der Waals surface area contributed by atoms with Crippen molar-refractivity contribution in [2.24, 2.45) is 0 Å². The highest BCUT2D eigenvalue weighted by molar-refractivity contribution is 7.09. The number of nitrogens with zero attached hydrogens (tertiary/aromatic N) is 2. The minimum absolute atomic E-state index is 0.0636. The van der Waals surface area contributed by atoms with E-state index >= 15 is 0 Å². The van der Waals surface area contributed by atoms with E-state index in [1.807, 2.05) is 48.7 Å². The second-order valence-corrected chi connectivity index (χ2v) is 7.15.